The molecule has 108 valence electrons. The maximum Gasteiger partial charge on any atom is 0.123 e. The number of aryl methyl sites for hydroxylation is 1. The zero-order valence-electron chi connectivity index (χ0n) is 12.6. The Balaban J connectivity index is 2.22. The Hall–Kier alpha value is -1.23. The van der Waals surface area contributed by atoms with E-state index in [2.05, 4.69) is 50.4 Å². The summed E-state index contributed by atoms with van der Waals surface area (Å²) in [6.45, 7) is 8.03. The van der Waals surface area contributed by atoms with Crippen LogP contribution < -0.4 is 5.32 Å². The van der Waals surface area contributed by atoms with Crippen molar-refractivity contribution in [3.63, 3.8) is 0 Å². The number of benzene rings is 1. The van der Waals surface area contributed by atoms with Gasteiger partial charge in [0, 0.05) is 23.6 Å². The molecule has 1 unspecified atom stereocenters. The lowest BCUT2D eigenvalue weighted by atomic mass is 10.1. The summed E-state index contributed by atoms with van der Waals surface area (Å²) in [5.74, 6) is 0. The van der Waals surface area contributed by atoms with Crippen molar-refractivity contribution in [2.45, 2.75) is 33.4 Å². The maximum absolute atomic E-state index is 5.13. The summed E-state index contributed by atoms with van der Waals surface area (Å²) in [6, 6.07) is 8.80. The highest BCUT2D eigenvalue weighted by Crippen LogP contribution is 2.31. The number of nitrogens with one attached hydrogen (secondary N) is 1. The summed E-state index contributed by atoms with van der Waals surface area (Å²) in [4.78, 5) is 6.03. The fraction of sp³-hybridized carbons (Fsp3) is 0.438. The monoisotopic (exact) mass is 290 g/mol. The molecule has 0 aliphatic carbocycles. The normalized spacial score (nSPS) is 12.6. The van der Waals surface area contributed by atoms with Gasteiger partial charge in [0.1, 0.15) is 5.01 Å². The van der Waals surface area contributed by atoms with Gasteiger partial charge in [-0.2, -0.15) is 0 Å². The third-order valence-corrected chi connectivity index (χ3v) is 4.64. The third kappa shape index (κ3) is 3.45. The van der Waals surface area contributed by atoms with Crippen molar-refractivity contribution in [1.29, 1.82) is 0 Å². The highest BCUT2D eigenvalue weighted by atomic mass is 32.1. The van der Waals surface area contributed by atoms with Gasteiger partial charge >= 0.3 is 0 Å². The second-order valence-electron chi connectivity index (χ2n) is 4.88. The van der Waals surface area contributed by atoms with Gasteiger partial charge < -0.3 is 10.1 Å². The Morgan fingerprint density at radius 1 is 1.30 bits per heavy atom. The Kier molecular flexibility index (Phi) is 5.29. The van der Waals surface area contributed by atoms with Gasteiger partial charge in [0.2, 0.25) is 0 Å². The summed E-state index contributed by atoms with van der Waals surface area (Å²) >= 11 is 1.77. The molecule has 0 bridgehead atoms. The van der Waals surface area contributed by atoms with Crippen LogP contribution >= 0.6 is 11.3 Å². The first-order valence-electron chi connectivity index (χ1n) is 6.94. The molecule has 1 N–H and O–H groups in total. The minimum Gasteiger partial charge on any atom is -0.380 e. The lowest BCUT2D eigenvalue weighted by Crippen LogP contribution is -2.17. The van der Waals surface area contributed by atoms with E-state index in [1.165, 1.54) is 16.0 Å². The Morgan fingerprint density at radius 3 is 2.60 bits per heavy atom. The molecule has 0 aliphatic heterocycles. The topological polar surface area (TPSA) is 34.1 Å². The molecule has 20 heavy (non-hydrogen) atoms. The van der Waals surface area contributed by atoms with E-state index in [-0.39, 0.29) is 0 Å². The van der Waals surface area contributed by atoms with Gasteiger partial charge in [0.15, 0.2) is 0 Å². The van der Waals surface area contributed by atoms with Crippen molar-refractivity contribution in [3.05, 3.63) is 40.4 Å². The van der Waals surface area contributed by atoms with Crippen molar-refractivity contribution in [2.75, 3.05) is 13.7 Å². The van der Waals surface area contributed by atoms with Crippen LogP contribution in [0.25, 0.3) is 10.6 Å². The quantitative estimate of drug-likeness (QED) is 0.875. The van der Waals surface area contributed by atoms with Gasteiger partial charge in [-0.25, -0.2) is 4.98 Å². The van der Waals surface area contributed by atoms with Crippen LogP contribution in [0, 0.1) is 6.92 Å². The van der Waals surface area contributed by atoms with Crippen molar-refractivity contribution in [3.8, 4) is 10.6 Å². The van der Waals surface area contributed by atoms with Gasteiger partial charge in [-0.1, -0.05) is 31.2 Å². The van der Waals surface area contributed by atoms with Gasteiger partial charge in [0.25, 0.3) is 0 Å². The number of rotatable bonds is 6. The Morgan fingerprint density at radius 2 is 2.00 bits per heavy atom. The first-order chi connectivity index (χ1) is 9.65. The van der Waals surface area contributed by atoms with Gasteiger partial charge in [-0.15, -0.1) is 11.3 Å². The first-order valence-corrected chi connectivity index (χ1v) is 7.76. The molecule has 0 amide bonds. The summed E-state index contributed by atoms with van der Waals surface area (Å²) in [5.41, 5.74) is 3.48. The zero-order chi connectivity index (χ0) is 14.5. The fourth-order valence-electron chi connectivity index (χ4n) is 2.24. The van der Waals surface area contributed by atoms with Crippen LogP contribution in [0.5, 0.6) is 0 Å². The highest BCUT2D eigenvalue weighted by molar-refractivity contribution is 7.15. The minimum atomic E-state index is 0.360. The summed E-state index contributed by atoms with van der Waals surface area (Å²) in [7, 11) is 1.71. The van der Waals surface area contributed by atoms with Crippen LogP contribution in [0.15, 0.2) is 24.3 Å². The van der Waals surface area contributed by atoms with Gasteiger partial charge in [-0.3, -0.25) is 0 Å². The molecule has 0 spiro atoms. The molecule has 0 fully saturated rings. The third-order valence-electron chi connectivity index (χ3n) is 3.25. The van der Waals surface area contributed by atoms with E-state index in [0.717, 1.165) is 17.2 Å². The van der Waals surface area contributed by atoms with Crippen LogP contribution in [0.3, 0.4) is 0 Å². The highest BCUT2D eigenvalue weighted by Gasteiger charge is 2.14. The van der Waals surface area contributed by atoms with E-state index in [4.69, 9.17) is 9.72 Å². The molecule has 4 heteroatoms. The van der Waals surface area contributed by atoms with Crippen LogP contribution in [0.1, 0.15) is 36.0 Å². The number of hydrogen-bond donors (Lipinski definition) is 1. The van der Waals surface area contributed by atoms with Crippen molar-refractivity contribution >= 4 is 11.3 Å². The number of thiazole rings is 1. The molecule has 1 atom stereocenters. The van der Waals surface area contributed by atoms with E-state index in [1.807, 2.05) is 0 Å². The number of nitrogens with zero attached hydrogens (tertiary/aromatic N) is 1. The van der Waals surface area contributed by atoms with E-state index in [1.54, 1.807) is 18.4 Å². The van der Waals surface area contributed by atoms with Crippen LogP contribution in [-0.2, 0) is 11.3 Å². The average molecular weight is 290 g/mol. The van der Waals surface area contributed by atoms with Crippen molar-refractivity contribution in [1.82, 2.24) is 10.3 Å². The summed E-state index contributed by atoms with van der Waals surface area (Å²) in [6.07, 6.45) is 0. The fourth-order valence-corrected chi connectivity index (χ4v) is 3.34. The van der Waals surface area contributed by atoms with Gasteiger partial charge in [-0.05, 0) is 26.0 Å². The number of hydrogen-bond acceptors (Lipinski definition) is 4. The molecule has 1 aromatic heterocycles. The molecule has 2 aromatic rings. The minimum absolute atomic E-state index is 0.360. The SMILES string of the molecule is CCNC(C)c1sc(-c2ccc(COC)cc2)nc1C. The van der Waals surface area contributed by atoms with Crippen LogP contribution in [0.2, 0.25) is 0 Å². The van der Waals surface area contributed by atoms with Crippen molar-refractivity contribution in [2.24, 2.45) is 0 Å². The zero-order valence-corrected chi connectivity index (χ0v) is 13.4. The molecule has 3 nitrogen and oxygen atoms in total. The standard InChI is InChI=1S/C16H22N2OS/c1-5-17-11(2)15-12(3)18-16(20-15)14-8-6-13(7-9-14)10-19-4/h6-9,11,17H,5,10H2,1-4H3. The lowest BCUT2D eigenvalue weighted by molar-refractivity contribution is 0.185. The Labute approximate surface area is 125 Å². The van der Waals surface area contributed by atoms with E-state index < -0.39 is 0 Å². The predicted octanol–water partition coefficient (Wildman–Crippen LogP) is 3.94. The summed E-state index contributed by atoms with van der Waals surface area (Å²) in [5, 5.41) is 4.54. The van der Waals surface area contributed by atoms with Crippen LogP contribution in [0.4, 0.5) is 0 Å². The van der Waals surface area contributed by atoms with E-state index in [9.17, 15) is 0 Å². The van der Waals surface area contributed by atoms with E-state index in [0.29, 0.717) is 12.6 Å². The second-order valence-corrected chi connectivity index (χ2v) is 5.91. The molecule has 1 heterocycles. The smallest absolute Gasteiger partial charge is 0.123 e. The predicted molar refractivity (Wildman–Crippen MR) is 85.1 cm³/mol. The Bertz CT molecular complexity index is 548. The van der Waals surface area contributed by atoms with Gasteiger partial charge in [0.05, 0.1) is 12.3 Å². The molecular weight excluding hydrogens is 268 g/mol. The van der Waals surface area contributed by atoms with Crippen LogP contribution in [-0.4, -0.2) is 18.6 Å². The largest absolute Gasteiger partial charge is 0.380 e. The molecular formula is C16H22N2OS. The second kappa shape index (κ2) is 6.97. The van der Waals surface area contributed by atoms with E-state index >= 15 is 0 Å². The molecule has 0 radical (unpaired) electrons. The number of ether oxygens (including phenoxy) is 1. The lowest BCUT2D eigenvalue weighted by Gasteiger charge is -2.09. The number of methoxy groups -OCH3 is 1. The molecule has 0 saturated heterocycles. The first kappa shape index (κ1) is 15.2. The molecule has 2 rings (SSSR count). The van der Waals surface area contributed by atoms with Crippen molar-refractivity contribution < 1.29 is 4.74 Å². The molecule has 0 saturated carbocycles. The summed E-state index contributed by atoms with van der Waals surface area (Å²) < 4.78 is 5.13. The molecule has 0 aliphatic rings. The average Bonchev–Trinajstić information content (AvgIpc) is 2.82. The molecule has 1 aromatic carbocycles. The maximum atomic E-state index is 5.13. The number of aromatic nitrogens is 1.